The number of hydrogen-bond donors (Lipinski definition) is 1. The summed E-state index contributed by atoms with van der Waals surface area (Å²) in [4.78, 5) is 2.46. The Labute approximate surface area is 125 Å². The van der Waals surface area contributed by atoms with Gasteiger partial charge in [-0.25, -0.2) is 0 Å². The molecule has 0 aliphatic carbocycles. The van der Waals surface area contributed by atoms with E-state index >= 15 is 0 Å². The maximum absolute atomic E-state index is 6.45. The summed E-state index contributed by atoms with van der Waals surface area (Å²) >= 11 is 8.51. The predicted molar refractivity (Wildman–Crippen MR) is 87.6 cm³/mol. The van der Waals surface area contributed by atoms with E-state index in [1.165, 1.54) is 17.7 Å². The van der Waals surface area contributed by atoms with Crippen molar-refractivity contribution < 1.29 is 0 Å². The molecule has 0 unspecified atom stereocenters. The molecular formula is C15H23ClN2S. The summed E-state index contributed by atoms with van der Waals surface area (Å²) in [6, 6.07) is 6.20. The van der Waals surface area contributed by atoms with Gasteiger partial charge >= 0.3 is 0 Å². The summed E-state index contributed by atoms with van der Waals surface area (Å²) in [7, 11) is 1.98. The quantitative estimate of drug-likeness (QED) is 0.914. The van der Waals surface area contributed by atoms with E-state index in [0.717, 1.165) is 30.4 Å². The molecule has 106 valence electrons. The number of benzene rings is 1. The summed E-state index contributed by atoms with van der Waals surface area (Å²) in [5.74, 6) is 1.16. The van der Waals surface area contributed by atoms with E-state index in [2.05, 4.69) is 41.9 Å². The molecule has 1 aliphatic heterocycles. The molecule has 1 aromatic carbocycles. The summed E-state index contributed by atoms with van der Waals surface area (Å²) in [5.41, 5.74) is 2.51. The molecule has 4 heteroatoms. The average Bonchev–Trinajstić information content (AvgIpc) is 2.51. The topological polar surface area (TPSA) is 15.3 Å². The Morgan fingerprint density at radius 3 is 2.89 bits per heavy atom. The van der Waals surface area contributed by atoms with Gasteiger partial charge in [-0.3, -0.25) is 0 Å². The van der Waals surface area contributed by atoms with E-state index in [4.69, 9.17) is 11.6 Å². The van der Waals surface area contributed by atoms with Gasteiger partial charge in [-0.2, -0.15) is 11.8 Å². The first-order valence-electron chi connectivity index (χ1n) is 6.84. The fourth-order valence-corrected chi connectivity index (χ4v) is 3.90. The number of halogens is 1. The lowest BCUT2D eigenvalue weighted by Crippen LogP contribution is -2.28. The number of rotatable bonds is 3. The van der Waals surface area contributed by atoms with Gasteiger partial charge in [-0.1, -0.05) is 37.6 Å². The molecule has 19 heavy (non-hydrogen) atoms. The zero-order valence-electron chi connectivity index (χ0n) is 12.0. The van der Waals surface area contributed by atoms with Crippen molar-refractivity contribution in [2.45, 2.75) is 31.6 Å². The van der Waals surface area contributed by atoms with Gasteiger partial charge < -0.3 is 10.2 Å². The van der Waals surface area contributed by atoms with Crippen LogP contribution >= 0.6 is 23.4 Å². The monoisotopic (exact) mass is 298 g/mol. The van der Waals surface area contributed by atoms with Gasteiger partial charge in [0.25, 0.3) is 0 Å². The zero-order chi connectivity index (χ0) is 13.9. The SMILES string of the molecule is CNCc1cccc(Cl)c1N1CCSC(C)(C)CC1. The standard InChI is InChI=1S/C15H23ClN2S/c1-15(2)7-8-18(9-10-19-15)14-12(11-17-3)5-4-6-13(14)16/h4-6,17H,7-11H2,1-3H3. The van der Waals surface area contributed by atoms with Crippen molar-refractivity contribution in [1.29, 1.82) is 0 Å². The number of hydrogen-bond acceptors (Lipinski definition) is 3. The van der Waals surface area contributed by atoms with E-state index < -0.39 is 0 Å². The fourth-order valence-electron chi connectivity index (χ4n) is 2.49. The number of para-hydroxylation sites is 1. The van der Waals surface area contributed by atoms with E-state index in [1.54, 1.807) is 0 Å². The minimum absolute atomic E-state index is 0.374. The normalized spacial score (nSPS) is 19.3. The Morgan fingerprint density at radius 2 is 2.16 bits per heavy atom. The van der Waals surface area contributed by atoms with Crippen molar-refractivity contribution in [2.75, 3.05) is 30.8 Å². The maximum Gasteiger partial charge on any atom is 0.0642 e. The minimum atomic E-state index is 0.374. The Kier molecular flexibility index (Phi) is 5.04. The van der Waals surface area contributed by atoms with Crippen molar-refractivity contribution in [1.82, 2.24) is 5.32 Å². The molecule has 0 amide bonds. The summed E-state index contributed by atoms with van der Waals surface area (Å²) in [6.45, 7) is 7.70. The summed E-state index contributed by atoms with van der Waals surface area (Å²) in [5, 5.41) is 4.10. The van der Waals surface area contributed by atoms with Gasteiger partial charge in [0.1, 0.15) is 0 Å². The first-order valence-corrected chi connectivity index (χ1v) is 8.21. The second-order valence-electron chi connectivity index (χ2n) is 5.62. The van der Waals surface area contributed by atoms with Gasteiger partial charge in [0.15, 0.2) is 0 Å². The van der Waals surface area contributed by atoms with Crippen LogP contribution < -0.4 is 10.2 Å². The lowest BCUT2D eigenvalue weighted by molar-refractivity contribution is 0.636. The van der Waals surface area contributed by atoms with Crippen molar-refractivity contribution in [3.8, 4) is 0 Å². The maximum atomic E-state index is 6.45. The van der Waals surface area contributed by atoms with Gasteiger partial charge in [-0.15, -0.1) is 0 Å². The van der Waals surface area contributed by atoms with Crippen LogP contribution in [0.1, 0.15) is 25.8 Å². The van der Waals surface area contributed by atoms with Crippen LogP contribution in [0.15, 0.2) is 18.2 Å². The number of anilines is 1. The second kappa shape index (κ2) is 6.38. The Balaban J connectivity index is 2.25. The molecule has 1 heterocycles. The molecule has 1 fully saturated rings. The number of nitrogens with one attached hydrogen (secondary N) is 1. The Hall–Kier alpha value is -0.380. The molecular weight excluding hydrogens is 276 g/mol. The predicted octanol–water partition coefficient (Wildman–Crippen LogP) is 3.78. The summed E-state index contributed by atoms with van der Waals surface area (Å²) < 4.78 is 0.374. The van der Waals surface area contributed by atoms with Crippen LogP contribution in [-0.4, -0.2) is 30.6 Å². The molecule has 1 saturated heterocycles. The molecule has 1 aliphatic rings. The van der Waals surface area contributed by atoms with Crippen molar-refractivity contribution in [3.63, 3.8) is 0 Å². The average molecular weight is 299 g/mol. The van der Waals surface area contributed by atoms with E-state index in [-0.39, 0.29) is 0 Å². The third-order valence-corrected chi connectivity index (χ3v) is 5.27. The molecule has 0 spiro atoms. The third kappa shape index (κ3) is 3.80. The first kappa shape index (κ1) is 15.0. The van der Waals surface area contributed by atoms with Crippen LogP contribution in [0.4, 0.5) is 5.69 Å². The zero-order valence-corrected chi connectivity index (χ0v) is 13.6. The molecule has 0 bridgehead atoms. The lowest BCUT2D eigenvalue weighted by Gasteiger charge is -2.27. The van der Waals surface area contributed by atoms with Crippen LogP contribution in [0.5, 0.6) is 0 Å². The van der Waals surface area contributed by atoms with Crippen molar-refractivity contribution in [2.24, 2.45) is 0 Å². The van der Waals surface area contributed by atoms with Crippen molar-refractivity contribution >= 4 is 29.1 Å². The van der Waals surface area contributed by atoms with Crippen LogP contribution in [0.2, 0.25) is 5.02 Å². The smallest absolute Gasteiger partial charge is 0.0642 e. The minimum Gasteiger partial charge on any atom is -0.369 e. The van der Waals surface area contributed by atoms with E-state index in [9.17, 15) is 0 Å². The van der Waals surface area contributed by atoms with Crippen LogP contribution in [0.25, 0.3) is 0 Å². The molecule has 2 nitrogen and oxygen atoms in total. The highest BCUT2D eigenvalue weighted by molar-refractivity contribution is 8.00. The number of thioether (sulfide) groups is 1. The van der Waals surface area contributed by atoms with E-state index in [0.29, 0.717) is 4.75 Å². The highest BCUT2D eigenvalue weighted by Gasteiger charge is 2.25. The largest absolute Gasteiger partial charge is 0.369 e. The van der Waals surface area contributed by atoms with Gasteiger partial charge in [0.2, 0.25) is 0 Å². The third-order valence-electron chi connectivity index (χ3n) is 3.59. The highest BCUT2D eigenvalue weighted by atomic mass is 35.5. The Bertz CT molecular complexity index is 434. The van der Waals surface area contributed by atoms with Crippen LogP contribution in [0.3, 0.4) is 0 Å². The fraction of sp³-hybridized carbons (Fsp3) is 0.600. The molecule has 1 N–H and O–H groups in total. The molecule has 0 atom stereocenters. The van der Waals surface area contributed by atoms with Crippen LogP contribution in [0, 0.1) is 0 Å². The summed E-state index contributed by atoms with van der Waals surface area (Å²) in [6.07, 6.45) is 1.20. The second-order valence-corrected chi connectivity index (χ2v) is 7.83. The lowest BCUT2D eigenvalue weighted by atomic mass is 10.1. The van der Waals surface area contributed by atoms with Gasteiger partial charge in [0, 0.05) is 30.1 Å². The molecule has 1 aromatic rings. The van der Waals surface area contributed by atoms with Crippen LogP contribution in [-0.2, 0) is 6.54 Å². The van der Waals surface area contributed by atoms with Crippen molar-refractivity contribution in [3.05, 3.63) is 28.8 Å². The Morgan fingerprint density at radius 1 is 1.37 bits per heavy atom. The number of nitrogens with zero attached hydrogens (tertiary/aromatic N) is 1. The molecule has 0 radical (unpaired) electrons. The van der Waals surface area contributed by atoms with E-state index in [1.807, 2.05) is 19.2 Å². The van der Waals surface area contributed by atoms with Gasteiger partial charge in [0.05, 0.1) is 10.7 Å². The molecule has 0 saturated carbocycles. The first-order chi connectivity index (χ1) is 9.03. The van der Waals surface area contributed by atoms with Gasteiger partial charge in [-0.05, 0) is 25.1 Å². The molecule has 0 aromatic heterocycles. The molecule has 2 rings (SSSR count). The highest BCUT2D eigenvalue weighted by Crippen LogP contribution is 2.36.